The molecule has 96 valence electrons. The van der Waals surface area contributed by atoms with Gasteiger partial charge in [0.05, 0.1) is 0 Å². The lowest BCUT2D eigenvalue weighted by Crippen LogP contribution is -2.32. The molecule has 2 rings (SSSR count). The van der Waals surface area contributed by atoms with Crippen LogP contribution < -0.4 is 10.5 Å². The standard InChI is InChI=1S/C11H18N2O2S2/c1-8-6-11(16-10(8)7-12)17(14,15)13-9-4-2-3-5-9/h6,9,13H,2-5,7,12H2,1H3. The van der Waals surface area contributed by atoms with Gasteiger partial charge in [0.2, 0.25) is 10.0 Å². The lowest BCUT2D eigenvalue weighted by molar-refractivity contribution is 0.554. The Kier molecular flexibility index (Phi) is 3.87. The van der Waals surface area contributed by atoms with E-state index >= 15 is 0 Å². The smallest absolute Gasteiger partial charge is 0.250 e. The Morgan fingerprint density at radius 1 is 1.47 bits per heavy atom. The van der Waals surface area contributed by atoms with Gasteiger partial charge in [-0.05, 0) is 31.4 Å². The van der Waals surface area contributed by atoms with Gasteiger partial charge in [-0.15, -0.1) is 11.3 Å². The van der Waals surface area contributed by atoms with E-state index in [1.165, 1.54) is 11.3 Å². The van der Waals surface area contributed by atoms with Gasteiger partial charge in [0.1, 0.15) is 4.21 Å². The maximum Gasteiger partial charge on any atom is 0.250 e. The summed E-state index contributed by atoms with van der Waals surface area (Å²) in [7, 11) is -3.34. The molecule has 1 heterocycles. The lowest BCUT2D eigenvalue weighted by atomic mass is 10.3. The van der Waals surface area contributed by atoms with Gasteiger partial charge >= 0.3 is 0 Å². The van der Waals surface area contributed by atoms with Crippen molar-refractivity contribution in [3.05, 3.63) is 16.5 Å². The van der Waals surface area contributed by atoms with E-state index in [0.29, 0.717) is 10.8 Å². The van der Waals surface area contributed by atoms with Crippen molar-refractivity contribution in [2.24, 2.45) is 5.73 Å². The second kappa shape index (κ2) is 5.06. The zero-order chi connectivity index (χ0) is 12.5. The average molecular weight is 274 g/mol. The number of sulfonamides is 1. The highest BCUT2D eigenvalue weighted by molar-refractivity contribution is 7.91. The molecule has 1 aliphatic carbocycles. The Bertz CT molecular complexity index is 488. The fourth-order valence-electron chi connectivity index (χ4n) is 2.14. The third kappa shape index (κ3) is 2.88. The predicted molar refractivity (Wildman–Crippen MR) is 69.5 cm³/mol. The molecule has 0 aliphatic heterocycles. The summed E-state index contributed by atoms with van der Waals surface area (Å²) in [6.07, 6.45) is 4.13. The molecule has 6 heteroatoms. The van der Waals surface area contributed by atoms with Crippen LogP contribution in [0, 0.1) is 6.92 Å². The van der Waals surface area contributed by atoms with Crippen molar-refractivity contribution < 1.29 is 8.42 Å². The first kappa shape index (κ1) is 13.0. The summed E-state index contributed by atoms with van der Waals surface area (Å²) in [4.78, 5) is 0.941. The fourth-order valence-corrected chi connectivity index (χ4v) is 4.93. The van der Waals surface area contributed by atoms with E-state index in [1.807, 2.05) is 6.92 Å². The molecule has 4 nitrogen and oxygen atoms in total. The highest BCUT2D eigenvalue weighted by Gasteiger charge is 2.24. The van der Waals surface area contributed by atoms with Crippen molar-refractivity contribution >= 4 is 21.4 Å². The van der Waals surface area contributed by atoms with Crippen LogP contribution in [0.5, 0.6) is 0 Å². The van der Waals surface area contributed by atoms with Crippen LogP contribution in [-0.4, -0.2) is 14.5 Å². The van der Waals surface area contributed by atoms with Crippen LogP contribution in [0.2, 0.25) is 0 Å². The number of nitrogens with two attached hydrogens (primary N) is 1. The number of hydrogen-bond acceptors (Lipinski definition) is 4. The largest absolute Gasteiger partial charge is 0.326 e. The van der Waals surface area contributed by atoms with Crippen molar-refractivity contribution in [2.45, 2.75) is 49.4 Å². The van der Waals surface area contributed by atoms with Crippen molar-refractivity contribution in [1.82, 2.24) is 4.72 Å². The minimum absolute atomic E-state index is 0.115. The lowest BCUT2D eigenvalue weighted by Gasteiger charge is -2.10. The molecule has 3 N–H and O–H groups in total. The molecule has 1 aliphatic rings. The molecule has 1 aromatic rings. The van der Waals surface area contributed by atoms with Crippen LogP contribution in [0.1, 0.15) is 36.1 Å². The normalized spacial score (nSPS) is 17.8. The van der Waals surface area contributed by atoms with Crippen LogP contribution in [-0.2, 0) is 16.6 Å². The van der Waals surface area contributed by atoms with Crippen LogP contribution in [0.15, 0.2) is 10.3 Å². The van der Waals surface area contributed by atoms with Gasteiger partial charge in [0.15, 0.2) is 0 Å². The quantitative estimate of drug-likeness (QED) is 0.878. The third-order valence-electron chi connectivity index (χ3n) is 3.13. The van der Waals surface area contributed by atoms with Crippen LogP contribution in [0.3, 0.4) is 0 Å². The monoisotopic (exact) mass is 274 g/mol. The zero-order valence-corrected chi connectivity index (χ0v) is 11.5. The Balaban J connectivity index is 2.18. The van der Waals surface area contributed by atoms with Crippen molar-refractivity contribution in [3.8, 4) is 0 Å². The van der Waals surface area contributed by atoms with Gasteiger partial charge in [0, 0.05) is 17.5 Å². The molecule has 0 amide bonds. The summed E-state index contributed by atoms with van der Waals surface area (Å²) < 4.78 is 27.4. The molecule has 0 atom stereocenters. The molecule has 0 radical (unpaired) electrons. The molecule has 0 aromatic carbocycles. The highest BCUT2D eigenvalue weighted by Crippen LogP contribution is 2.27. The van der Waals surface area contributed by atoms with E-state index in [-0.39, 0.29) is 6.04 Å². The van der Waals surface area contributed by atoms with Gasteiger partial charge in [0.25, 0.3) is 0 Å². The second-order valence-corrected chi connectivity index (χ2v) is 7.56. The summed E-state index contributed by atoms with van der Waals surface area (Å²) >= 11 is 1.27. The molecule has 1 fully saturated rings. The molecule has 17 heavy (non-hydrogen) atoms. The second-order valence-electron chi connectivity index (χ2n) is 4.48. The maximum atomic E-state index is 12.1. The summed E-state index contributed by atoms with van der Waals surface area (Å²) in [5, 5.41) is 0. The van der Waals surface area contributed by atoms with E-state index < -0.39 is 10.0 Å². The number of aryl methyl sites for hydroxylation is 1. The first-order valence-corrected chi connectivity index (χ1v) is 8.14. The Labute approximate surface area is 106 Å². The van der Waals surface area contributed by atoms with E-state index in [1.54, 1.807) is 6.07 Å². The van der Waals surface area contributed by atoms with Gasteiger partial charge in [-0.25, -0.2) is 13.1 Å². The summed E-state index contributed by atoms with van der Waals surface area (Å²) in [5.41, 5.74) is 6.53. The van der Waals surface area contributed by atoms with Crippen LogP contribution >= 0.6 is 11.3 Å². The molecular weight excluding hydrogens is 256 g/mol. The zero-order valence-electron chi connectivity index (χ0n) is 9.90. The Morgan fingerprint density at radius 2 is 2.12 bits per heavy atom. The number of nitrogens with one attached hydrogen (secondary N) is 1. The van der Waals surface area contributed by atoms with Crippen molar-refractivity contribution in [2.75, 3.05) is 0 Å². The molecule has 1 saturated carbocycles. The first-order valence-electron chi connectivity index (χ1n) is 5.84. The topological polar surface area (TPSA) is 72.2 Å². The fraction of sp³-hybridized carbons (Fsp3) is 0.636. The molecule has 0 saturated heterocycles. The van der Waals surface area contributed by atoms with E-state index in [4.69, 9.17) is 5.73 Å². The number of thiophene rings is 1. The third-order valence-corrected chi connectivity index (χ3v) is 6.38. The van der Waals surface area contributed by atoms with Gasteiger partial charge in [-0.3, -0.25) is 0 Å². The van der Waals surface area contributed by atoms with Gasteiger partial charge in [-0.1, -0.05) is 12.8 Å². The Morgan fingerprint density at radius 3 is 2.65 bits per heavy atom. The SMILES string of the molecule is Cc1cc(S(=O)(=O)NC2CCCC2)sc1CN. The molecule has 1 aromatic heterocycles. The van der Waals surface area contributed by atoms with Crippen molar-refractivity contribution in [3.63, 3.8) is 0 Å². The summed E-state index contributed by atoms with van der Waals surface area (Å²) in [6, 6.07) is 1.83. The van der Waals surface area contributed by atoms with Crippen LogP contribution in [0.25, 0.3) is 0 Å². The number of hydrogen-bond donors (Lipinski definition) is 2. The van der Waals surface area contributed by atoms with E-state index in [9.17, 15) is 8.42 Å². The summed E-state index contributed by atoms with van der Waals surface area (Å²) in [6.45, 7) is 2.29. The minimum Gasteiger partial charge on any atom is -0.326 e. The molecule has 0 unspecified atom stereocenters. The molecular formula is C11H18N2O2S2. The van der Waals surface area contributed by atoms with Gasteiger partial charge in [-0.2, -0.15) is 0 Å². The van der Waals surface area contributed by atoms with Crippen molar-refractivity contribution in [1.29, 1.82) is 0 Å². The first-order chi connectivity index (χ1) is 8.03. The van der Waals surface area contributed by atoms with Crippen LogP contribution in [0.4, 0.5) is 0 Å². The van der Waals surface area contributed by atoms with Gasteiger partial charge < -0.3 is 5.73 Å². The minimum atomic E-state index is -3.34. The maximum absolute atomic E-state index is 12.1. The number of rotatable bonds is 4. The van der Waals surface area contributed by atoms with E-state index in [0.717, 1.165) is 36.1 Å². The average Bonchev–Trinajstić information content (AvgIpc) is 2.87. The highest BCUT2D eigenvalue weighted by atomic mass is 32.2. The molecule has 0 bridgehead atoms. The van der Waals surface area contributed by atoms with E-state index in [2.05, 4.69) is 4.72 Å². The molecule has 0 spiro atoms. The summed E-state index contributed by atoms with van der Waals surface area (Å²) in [5.74, 6) is 0. The Hall–Kier alpha value is -0.430. The predicted octanol–water partition coefficient (Wildman–Crippen LogP) is 1.74.